The van der Waals surface area contributed by atoms with Crippen LogP contribution >= 0.6 is 0 Å². The number of aromatic nitrogens is 3. The molecule has 1 aromatic carbocycles. The second kappa shape index (κ2) is 8.41. The Kier molecular flexibility index (Phi) is 5.73. The van der Waals surface area contributed by atoms with E-state index in [-0.39, 0.29) is 17.9 Å². The van der Waals surface area contributed by atoms with Crippen molar-refractivity contribution in [2.45, 2.75) is 31.2 Å². The number of nitrogens with zero attached hydrogens (tertiary/aromatic N) is 5. The third kappa shape index (κ3) is 4.10. The van der Waals surface area contributed by atoms with E-state index >= 15 is 0 Å². The highest BCUT2D eigenvalue weighted by molar-refractivity contribution is 5.84. The SMILES string of the molecule is CN1CCN(CC(NC(=O)C2CCCc3nnn(C)c32)c2ccccc2)CC1. The summed E-state index contributed by atoms with van der Waals surface area (Å²) in [5.41, 5.74) is 3.12. The molecule has 4 rings (SSSR count). The van der Waals surface area contributed by atoms with Gasteiger partial charge in [-0.25, -0.2) is 0 Å². The number of aryl methyl sites for hydroxylation is 2. The van der Waals surface area contributed by atoms with E-state index in [4.69, 9.17) is 0 Å². The molecule has 28 heavy (non-hydrogen) atoms. The lowest BCUT2D eigenvalue weighted by Gasteiger charge is -2.35. The fourth-order valence-corrected chi connectivity index (χ4v) is 4.36. The largest absolute Gasteiger partial charge is 0.347 e. The summed E-state index contributed by atoms with van der Waals surface area (Å²) >= 11 is 0. The molecule has 2 atom stereocenters. The average molecular weight is 383 g/mol. The number of hydrogen-bond donors (Lipinski definition) is 1. The van der Waals surface area contributed by atoms with Crippen molar-refractivity contribution in [3.8, 4) is 0 Å². The van der Waals surface area contributed by atoms with Gasteiger partial charge in [0.15, 0.2) is 0 Å². The first-order chi connectivity index (χ1) is 13.6. The highest BCUT2D eigenvalue weighted by Gasteiger charge is 2.32. The van der Waals surface area contributed by atoms with Crippen molar-refractivity contribution in [2.75, 3.05) is 39.8 Å². The van der Waals surface area contributed by atoms with Crippen LogP contribution in [0, 0.1) is 0 Å². The lowest BCUT2D eigenvalue weighted by Crippen LogP contribution is -2.48. The Hall–Kier alpha value is -2.25. The number of rotatable bonds is 5. The second-order valence-corrected chi connectivity index (χ2v) is 8.07. The van der Waals surface area contributed by atoms with E-state index in [0.29, 0.717) is 0 Å². The molecule has 1 N–H and O–H groups in total. The number of fused-ring (bicyclic) bond motifs is 1. The molecule has 0 saturated carbocycles. The van der Waals surface area contributed by atoms with Crippen LogP contribution in [0.5, 0.6) is 0 Å². The van der Waals surface area contributed by atoms with Crippen molar-refractivity contribution in [3.05, 3.63) is 47.3 Å². The molecule has 2 aromatic rings. The zero-order valence-corrected chi connectivity index (χ0v) is 16.8. The lowest BCUT2D eigenvalue weighted by atomic mass is 9.88. The Morgan fingerprint density at radius 1 is 1.18 bits per heavy atom. The lowest BCUT2D eigenvalue weighted by molar-refractivity contribution is -0.124. The van der Waals surface area contributed by atoms with Gasteiger partial charge in [0.2, 0.25) is 5.91 Å². The van der Waals surface area contributed by atoms with Crippen LogP contribution in [-0.4, -0.2) is 70.5 Å². The van der Waals surface area contributed by atoms with Gasteiger partial charge in [-0.3, -0.25) is 14.4 Å². The summed E-state index contributed by atoms with van der Waals surface area (Å²) in [5, 5.41) is 11.7. The highest BCUT2D eigenvalue weighted by Crippen LogP contribution is 2.31. The molecule has 1 aromatic heterocycles. The summed E-state index contributed by atoms with van der Waals surface area (Å²) in [6.45, 7) is 5.06. The predicted molar refractivity (Wildman–Crippen MR) is 108 cm³/mol. The molecule has 1 aliphatic carbocycles. The first-order valence-electron chi connectivity index (χ1n) is 10.3. The Morgan fingerprint density at radius 3 is 2.68 bits per heavy atom. The smallest absolute Gasteiger partial charge is 0.229 e. The van der Waals surface area contributed by atoms with Crippen molar-refractivity contribution in [1.82, 2.24) is 30.1 Å². The first-order valence-corrected chi connectivity index (χ1v) is 10.3. The molecule has 7 nitrogen and oxygen atoms in total. The van der Waals surface area contributed by atoms with Crippen LogP contribution in [0.15, 0.2) is 30.3 Å². The van der Waals surface area contributed by atoms with Crippen molar-refractivity contribution < 1.29 is 4.79 Å². The average Bonchev–Trinajstić information content (AvgIpc) is 3.11. The highest BCUT2D eigenvalue weighted by atomic mass is 16.2. The number of benzene rings is 1. The van der Waals surface area contributed by atoms with E-state index in [1.807, 2.05) is 25.2 Å². The van der Waals surface area contributed by atoms with Crippen LogP contribution in [0.3, 0.4) is 0 Å². The van der Waals surface area contributed by atoms with Crippen LogP contribution in [0.1, 0.15) is 41.8 Å². The Morgan fingerprint density at radius 2 is 1.93 bits per heavy atom. The molecule has 1 aliphatic heterocycles. The number of carbonyl (C=O) groups is 1. The van der Waals surface area contributed by atoms with E-state index in [0.717, 1.165) is 68.9 Å². The van der Waals surface area contributed by atoms with Crippen molar-refractivity contribution >= 4 is 5.91 Å². The van der Waals surface area contributed by atoms with E-state index in [1.165, 1.54) is 0 Å². The molecule has 2 unspecified atom stereocenters. The van der Waals surface area contributed by atoms with Gasteiger partial charge in [-0.2, -0.15) is 0 Å². The quantitative estimate of drug-likeness (QED) is 0.845. The molecule has 150 valence electrons. The third-order valence-electron chi connectivity index (χ3n) is 6.05. The molecule has 1 amide bonds. The maximum Gasteiger partial charge on any atom is 0.229 e. The number of hydrogen-bond acceptors (Lipinski definition) is 5. The van der Waals surface area contributed by atoms with Crippen LogP contribution in [0.25, 0.3) is 0 Å². The Balaban J connectivity index is 1.51. The molecule has 2 aliphatic rings. The molecule has 1 fully saturated rings. The minimum Gasteiger partial charge on any atom is -0.347 e. The van der Waals surface area contributed by atoms with Gasteiger partial charge in [-0.15, -0.1) is 5.10 Å². The molecule has 0 spiro atoms. The summed E-state index contributed by atoms with van der Waals surface area (Å²) in [6.07, 6.45) is 2.75. The van der Waals surface area contributed by atoms with Gasteiger partial charge < -0.3 is 10.2 Å². The predicted octanol–water partition coefficient (Wildman–Crippen LogP) is 1.34. The maximum absolute atomic E-state index is 13.3. The van der Waals surface area contributed by atoms with Gasteiger partial charge in [0.1, 0.15) is 0 Å². The normalized spacial score (nSPS) is 21.9. The van der Waals surface area contributed by atoms with Gasteiger partial charge in [0.05, 0.1) is 23.3 Å². The van der Waals surface area contributed by atoms with E-state index in [2.05, 4.69) is 44.6 Å². The topological polar surface area (TPSA) is 66.3 Å². The fraction of sp³-hybridized carbons (Fsp3) is 0.571. The van der Waals surface area contributed by atoms with Crippen LogP contribution in [-0.2, 0) is 18.3 Å². The van der Waals surface area contributed by atoms with Gasteiger partial charge >= 0.3 is 0 Å². The molecular weight excluding hydrogens is 352 g/mol. The third-order valence-corrected chi connectivity index (χ3v) is 6.05. The fourth-order valence-electron chi connectivity index (χ4n) is 4.36. The minimum absolute atomic E-state index is 0.0105. The minimum atomic E-state index is -0.164. The molecule has 0 radical (unpaired) electrons. The summed E-state index contributed by atoms with van der Waals surface area (Å²) in [5.74, 6) is -0.0724. The molecule has 7 heteroatoms. The van der Waals surface area contributed by atoms with Crippen LogP contribution in [0.4, 0.5) is 0 Å². The zero-order valence-electron chi connectivity index (χ0n) is 16.8. The number of piperazine rings is 1. The summed E-state index contributed by atoms with van der Waals surface area (Å²) < 4.78 is 1.77. The molecule has 0 bridgehead atoms. The van der Waals surface area contributed by atoms with Gasteiger partial charge in [-0.05, 0) is 31.9 Å². The van der Waals surface area contributed by atoms with E-state index in [9.17, 15) is 4.79 Å². The standard InChI is InChI=1S/C21H30N6O/c1-25-11-13-27(14-12-25)15-19(16-7-4-3-5-8-16)22-21(28)17-9-6-10-18-20(17)26(2)24-23-18/h3-5,7-8,17,19H,6,9-15H2,1-2H3,(H,22,28). The van der Waals surface area contributed by atoms with E-state index < -0.39 is 0 Å². The van der Waals surface area contributed by atoms with Crippen molar-refractivity contribution in [2.24, 2.45) is 7.05 Å². The summed E-state index contributed by atoms with van der Waals surface area (Å²) in [4.78, 5) is 18.1. The van der Waals surface area contributed by atoms with Gasteiger partial charge in [0, 0.05) is 39.8 Å². The monoisotopic (exact) mass is 382 g/mol. The molecular formula is C21H30N6O. The second-order valence-electron chi connectivity index (χ2n) is 8.07. The maximum atomic E-state index is 13.3. The number of nitrogens with one attached hydrogen (secondary N) is 1. The van der Waals surface area contributed by atoms with Crippen molar-refractivity contribution in [3.63, 3.8) is 0 Å². The first kappa shape index (κ1) is 19.1. The van der Waals surface area contributed by atoms with Gasteiger partial charge in [0.25, 0.3) is 0 Å². The van der Waals surface area contributed by atoms with Crippen LogP contribution < -0.4 is 5.32 Å². The van der Waals surface area contributed by atoms with Crippen molar-refractivity contribution in [1.29, 1.82) is 0 Å². The zero-order chi connectivity index (χ0) is 19.5. The Bertz CT molecular complexity index is 796. The molecule has 2 heterocycles. The molecule has 1 saturated heterocycles. The summed E-state index contributed by atoms with van der Waals surface area (Å²) in [6, 6.07) is 10.3. The van der Waals surface area contributed by atoms with Gasteiger partial charge in [-0.1, -0.05) is 35.5 Å². The number of amides is 1. The summed E-state index contributed by atoms with van der Waals surface area (Å²) in [7, 11) is 4.05. The van der Waals surface area contributed by atoms with E-state index in [1.54, 1.807) is 4.68 Å². The number of likely N-dealkylation sites (N-methyl/N-ethyl adjacent to an activating group) is 1. The number of carbonyl (C=O) groups excluding carboxylic acids is 1. The van der Waals surface area contributed by atoms with Crippen LogP contribution in [0.2, 0.25) is 0 Å². The Labute approximate surface area is 166 Å².